The smallest absolute Gasteiger partial charge is 0.258 e. The highest BCUT2D eigenvalue weighted by molar-refractivity contribution is 6.04. The summed E-state index contributed by atoms with van der Waals surface area (Å²) in [4.78, 5) is 44.6. The van der Waals surface area contributed by atoms with Gasteiger partial charge in [-0.1, -0.05) is 6.07 Å². The molecule has 0 spiro atoms. The molecule has 2 heterocycles. The van der Waals surface area contributed by atoms with Crippen LogP contribution < -0.4 is 26.2 Å². The Bertz CT molecular complexity index is 1210. The number of anilines is 4. The zero-order valence-corrected chi connectivity index (χ0v) is 16.4. The van der Waals surface area contributed by atoms with Gasteiger partial charge in [0.05, 0.1) is 18.6 Å². The monoisotopic (exact) mass is 423 g/mol. The number of benzene rings is 2. The Morgan fingerprint density at radius 1 is 1.16 bits per heavy atom. The summed E-state index contributed by atoms with van der Waals surface area (Å²) in [6, 6.07) is 12.2. The first-order valence-corrected chi connectivity index (χ1v) is 9.34. The number of carbonyl (C=O) groups is 2. The van der Waals surface area contributed by atoms with Gasteiger partial charge in [-0.15, -0.1) is 0 Å². The minimum Gasteiger partial charge on any atom is -0.497 e. The van der Waals surface area contributed by atoms with E-state index < -0.39 is 29.1 Å². The van der Waals surface area contributed by atoms with Crippen molar-refractivity contribution < 1.29 is 18.7 Å². The molecule has 2 aromatic carbocycles. The van der Waals surface area contributed by atoms with Crippen LogP contribution in [0.4, 0.5) is 27.5 Å². The van der Waals surface area contributed by atoms with E-state index >= 15 is 0 Å². The fraction of sp³-hybridized carbons (Fsp3) is 0.143. The lowest BCUT2D eigenvalue weighted by molar-refractivity contribution is -0.123. The van der Waals surface area contributed by atoms with Crippen LogP contribution in [0.25, 0.3) is 0 Å². The zero-order valence-electron chi connectivity index (χ0n) is 16.4. The highest BCUT2D eigenvalue weighted by Crippen LogP contribution is 2.30. The Kier molecular flexibility index (Phi) is 5.35. The minimum absolute atomic E-state index is 0.00426. The first-order chi connectivity index (χ1) is 14.9. The van der Waals surface area contributed by atoms with E-state index in [9.17, 15) is 18.8 Å². The molecule has 1 aliphatic heterocycles. The average molecular weight is 423 g/mol. The number of fused-ring (bicyclic) bond motifs is 1. The van der Waals surface area contributed by atoms with Gasteiger partial charge in [0, 0.05) is 23.9 Å². The van der Waals surface area contributed by atoms with Crippen LogP contribution in [0, 0.1) is 5.82 Å². The Morgan fingerprint density at radius 3 is 2.68 bits per heavy atom. The van der Waals surface area contributed by atoms with Crippen molar-refractivity contribution in [3.8, 4) is 5.75 Å². The Hall–Kier alpha value is -4.21. The molecule has 1 aliphatic rings. The molecule has 10 heteroatoms. The zero-order chi connectivity index (χ0) is 22.0. The molecule has 0 saturated carbocycles. The predicted octanol–water partition coefficient (Wildman–Crippen LogP) is 2.73. The summed E-state index contributed by atoms with van der Waals surface area (Å²) in [5.74, 6) is -1.80. The third-order valence-electron chi connectivity index (χ3n) is 4.71. The van der Waals surface area contributed by atoms with Crippen molar-refractivity contribution in [2.24, 2.45) is 0 Å². The quantitative estimate of drug-likeness (QED) is 0.500. The highest BCUT2D eigenvalue weighted by Gasteiger charge is 2.34. The van der Waals surface area contributed by atoms with E-state index in [2.05, 4.69) is 25.9 Å². The maximum absolute atomic E-state index is 13.1. The molecule has 31 heavy (non-hydrogen) atoms. The van der Waals surface area contributed by atoms with Gasteiger partial charge in [0.15, 0.2) is 0 Å². The summed E-state index contributed by atoms with van der Waals surface area (Å²) in [6.45, 7) is 0. The number of nitrogens with zero attached hydrogens (tertiary/aromatic N) is 1. The number of hydrogen-bond acceptors (Lipinski definition) is 6. The standard InChI is InChI=1S/C21H18FN5O4/c1-31-14-4-2-3-13(9-14)23-19(29)15-10-16(28)25-18-17(15)20(30)27-21(26-18)24-12-7-5-11(22)6-8-12/h2-9,15H,10H2,1H3,(H,23,29)(H3,24,25,26,27,28,30). The first-order valence-electron chi connectivity index (χ1n) is 9.34. The van der Waals surface area contributed by atoms with Crippen molar-refractivity contribution in [3.05, 3.63) is 70.3 Å². The predicted molar refractivity (Wildman–Crippen MR) is 112 cm³/mol. The molecule has 0 aliphatic carbocycles. The van der Waals surface area contributed by atoms with Crippen LogP contribution in [0.5, 0.6) is 5.75 Å². The molecule has 0 fully saturated rings. The third kappa shape index (κ3) is 4.37. The van der Waals surface area contributed by atoms with Gasteiger partial charge in [-0.2, -0.15) is 4.98 Å². The molecule has 9 nitrogen and oxygen atoms in total. The van der Waals surface area contributed by atoms with Gasteiger partial charge in [0.25, 0.3) is 5.56 Å². The number of hydrogen-bond donors (Lipinski definition) is 4. The van der Waals surface area contributed by atoms with Crippen LogP contribution in [0.2, 0.25) is 0 Å². The van der Waals surface area contributed by atoms with Crippen LogP contribution in [0.1, 0.15) is 17.9 Å². The first kappa shape index (κ1) is 20.1. The maximum Gasteiger partial charge on any atom is 0.258 e. The molecule has 3 aromatic rings. The lowest BCUT2D eigenvalue weighted by Gasteiger charge is -2.23. The summed E-state index contributed by atoms with van der Waals surface area (Å²) < 4.78 is 18.2. The summed E-state index contributed by atoms with van der Waals surface area (Å²) in [5, 5.41) is 8.07. The number of rotatable bonds is 5. The van der Waals surface area contributed by atoms with Gasteiger partial charge >= 0.3 is 0 Å². The number of ether oxygens (including phenoxy) is 1. The van der Waals surface area contributed by atoms with Gasteiger partial charge in [-0.05, 0) is 36.4 Å². The van der Waals surface area contributed by atoms with Crippen LogP contribution >= 0.6 is 0 Å². The number of aromatic nitrogens is 2. The summed E-state index contributed by atoms with van der Waals surface area (Å²) in [6.07, 6.45) is -0.196. The SMILES string of the molecule is COc1cccc(NC(=O)C2CC(=O)Nc3nc(Nc4ccc(F)cc4)[nH]c(=O)c32)c1. The fourth-order valence-corrected chi connectivity index (χ4v) is 3.25. The molecular weight excluding hydrogens is 405 g/mol. The molecular formula is C21H18FN5O4. The Morgan fingerprint density at radius 2 is 1.94 bits per heavy atom. The number of H-pyrrole nitrogens is 1. The molecule has 4 N–H and O–H groups in total. The average Bonchev–Trinajstić information content (AvgIpc) is 2.74. The van der Waals surface area contributed by atoms with Crippen molar-refractivity contribution in [2.45, 2.75) is 12.3 Å². The molecule has 1 aromatic heterocycles. The molecule has 0 bridgehead atoms. The molecule has 0 radical (unpaired) electrons. The van der Waals surface area contributed by atoms with Gasteiger partial charge in [-0.25, -0.2) is 4.39 Å². The molecule has 0 saturated heterocycles. The van der Waals surface area contributed by atoms with Crippen molar-refractivity contribution in [3.63, 3.8) is 0 Å². The number of nitrogens with one attached hydrogen (secondary N) is 4. The lowest BCUT2D eigenvalue weighted by Crippen LogP contribution is -2.36. The van der Waals surface area contributed by atoms with Crippen LogP contribution in [0.15, 0.2) is 53.3 Å². The number of aromatic amines is 1. The molecule has 1 atom stereocenters. The van der Waals surface area contributed by atoms with Gasteiger partial charge in [0.1, 0.15) is 17.4 Å². The van der Waals surface area contributed by atoms with Crippen LogP contribution in [0.3, 0.4) is 0 Å². The van der Waals surface area contributed by atoms with Crippen molar-refractivity contribution >= 4 is 35.0 Å². The van der Waals surface area contributed by atoms with Gasteiger partial charge < -0.3 is 20.7 Å². The van der Waals surface area contributed by atoms with E-state index in [0.717, 1.165) is 0 Å². The molecule has 4 rings (SSSR count). The molecule has 1 unspecified atom stereocenters. The van der Waals surface area contributed by atoms with Crippen LogP contribution in [-0.2, 0) is 9.59 Å². The summed E-state index contributed by atoms with van der Waals surface area (Å²) in [5.41, 5.74) is 0.444. The van der Waals surface area contributed by atoms with E-state index in [-0.39, 0.29) is 23.8 Å². The Labute approximate surface area is 175 Å². The second kappa shape index (κ2) is 8.27. The number of amides is 2. The molecule has 2 amide bonds. The maximum atomic E-state index is 13.1. The largest absolute Gasteiger partial charge is 0.497 e. The van der Waals surface area contributed by atoms with Gasteiger partial charge in [0.2, 0.25) is 17.8 Å². The third-order valence-corrected chi connectivity index (χ3v) is 4.71. The van der Waals surface area contributed by atoms with E-state index in [4.69, 9.17) is 4.74 Å². The molecule has 158 valence electrons. The number of halogens is 1. The number of methoxy groups -OCH3 is 1. The van der Waals surface area contributed by atoms with E-state index in [1.165, 1.54) is 31.4 Å². The number of carbonyl (C=O) groups excluding carboxylic acids is 2. The summed E-state index contributed by atoms with van der Waals surface area (Å²) in [7, 11) is 1.51. The minimum atomic E-state index is -1.02. The Balaban J connectivity index is 1.62. The van der Waals surface area contributed by atoms with E-state index in [0.29, 0.717) is 17.1 Å². The van der Waals surface area contributed by atoms with Crippen LogP contribution in [-0.4, -0.2) is 28.9 Å². The highest BCUT2D eigenvalue weighted by atomic mass is 19.1. The normalized spacial score (nSPS) is 14.9. The van der Waals surface area contributed by atoms with E-state index in [1.54, 1.807) is 24.3 Å². The lowest BCUT2D eigenvalue weighted by atomic mass is 9.92. The second-order valence-corrected chi connectivity index (χ2v) is 6.83. The van der Waals surface area contributed by atoms with Crippen molar-refractivity contribution in [2.75, 3.05) is 23.1 Å². The van der Waals surface area contributed by atoms with E-state index in [1.807, 2.05) is 0 Å². The summed E-state index contributed by atoms with van der Waals surface area (Å²) >= 11 is 0. The van der Waals surface area contributed by atoms with Crippen molar-refractivity contribution in [1.29, 1.82) is 0 Å². The topological polar surface area (TPSA) is 125 Å². The second-order valence-electron chi connectivity index (χ2n) is 6.83. The fourth-order valence-electron chi connectivity index (χ4n) is 3.25. The van der Waals surface area contributed by atoms with Crippen molar-refractivity contribution in [1.82, 2.24) is 9.97 Å². The van der Waals surface area contributed by atoms with Gasteiger partial charge in [-0.3, -0.25) is 19.4 Å².